The maximum atomic E-state index is 12.4. The largest absolute Gasteiger partial charge is 0.489 e. The Morgan fingerprint density at radius 2 is 1.89 bits per heavy atom. The van der Waals surface area contributed by atoms with Crippen molar-refractivity contribution in [2.75, 3.05) is 6.61 Å². The normalized spacial score (nSPS) is 14.6. The standard InChI is InChI=1S/C23H18O4/c1-16-9-10-19(26-16)15-22-23(24)20-12-11-18(14-21(20)27-22)25-13-5-8-17-6-3-2-4-7-17/h2-12,14-15H,13H2,1H3/b8-5+,22-15-. The van der Waals surface area contributed by atoms with E-state index in [0.29, 0.717) is 29.4 Å². The summed E-state index contributed by atoms with van der Waals surface area (Å²) in [6, 6.07) is 18.9. The fraction of sp³-hybridized carbons (Fsp3) is 0.0870. The topological polar surface area (TPSA) is 48.7 Å². The summed E-state index contributed by atoms with van der Waals surface area (Å²) in [4.78, 5) is 12.4. The summed E-state index contributed by atoms with van der Waals surface area (Å²) < 4.78 is 16.9. The molecule has 0 amide bonds. The highest BCUT2D eigenvalue weighted by molar-refractivity contribution is 6.14. The van der Waals surface area contributed by atoms with Crippen LogP contribution in [-0.2, 0) is 0 Å². The van der Waals surface area contributed by atoms with Crippen molar-refractivity contribution < 1.29 is 18.7 Å². The second-order valence-corrected chi connectivity index (χ2v) is 6.17. The molecule has 0 saturated heterocycles. The minimum absolute atomic E-state index is 0.158. The maximum absolute atomic E-state index is 12.4. The van der Waals surface area contributed by atoms with Crippen molar-refractivity contribution >= 4 is 17.9 Å². The molecule has 0 bridgehead atoms. The molecule has 1 aliphatic heterocycles. The molecule has 1 aromatic heterocycles. The Labute approximate surface area is 157 Å². The highest BCUT2D eigenvalue weighted by atomic mass is 16.5. The fourth-order valence-electron chi connectivity index (χ4n) is 2.81. The van der Waals surface area contributed by atoms with Gasteiger partial charge in [0.25, 0.3) is 0 Å². The Hall–Kier alpha value is -3.53. The molecule has 0 spiro atoms. The van der Waals surface area contributed by atoms with Gasteiger partial charge >= 0.3 is 0 Å². The zero-order valence-electron chi connectivity index (χ0n) is 14.8. The van der Waals surface area contributed by atoms with E-state index < -0.39 is 0 Å². The van der Waals surface area contributed by atoms with E-state index in [4.69, 9.17) is 13.9 Å². The number of carbonyl (C=O) groups is 1. The molecule has 134 valence electrons. The molecule has 4 rings (SSSR count). The highest BCUT2D eigenvalue weighted by Gasteiger charge is 2.28. The van der Waals surface area contributed by atoms with Crippen LogP contribution in [0.2, 0.25) is 0 Å². The van der Waals surface area contributed by atoms with Crippen LogP contribution in [0, 0.1) is 6.92 Å². The van der Waals surface area contributed by atoms with Crippen LogP contribution in [0.5, 0.6) is 11.5 Å². The SMILES string of the molecule is Cc1ccc(/C=C2\Oc3cc(OC/C=C/c4ccccc4)ccc3C2=O)o1. The number of furan rings is 1. The number of benzene rings is 2. The van der Waals surface area contributed by atoms with E-state index in [1.165, 1.54) is 0 Å². The molecule has 4 heteroatoms. The predicted molar refractivity (Wildman–Crippen MR) is 104 cm³/mol. The van der Waals surface area contributed by atoms with E-state index >= 15 is 0 Å². The molecule has 2 heterocycles. The molecular weight excluding hydrogens is 340 g/mol. The van der Waals surface area contributed by atoms with Gasteiger partial charge < -0.3 is 13.9 Å². The molecule has 27 heavy (non-hydrogen) atoms. The van der Waals surface area contributed by atoms with Crippen LogP contribution in [0.1, 0.15) is 27.4 Å². The van der Waals surface area contributed by atoms with Gasteiger partial charge in [-0.2, -0.15) is 0 Å². The van der Waals surface area contributed by atoms with Gasteiger partial charge in [0.2, 0.25) is 5.78 Å². The van der Waals surface area contributed by atoms with Crippen LogP contribution < -0.4 is 9.47 Å². The first kappa shape index (κ1) is 16.9. The number of allylic oxidation sites excluding steroid dienone is 1. The summed E-state index contributed by atoms with van der Waals surface area (Å²) in [5, 5.41) is 0. The third kappa shape index (κ3) is 3.85. The minimum Gasteiger partial charge on any atom is -0.489 e. The van der Waals surface area contributed by atoms with Gasteiger partial charge in [-0.05, 0) is 42.8 Å². The molecule has 3 aromatic rings. The van der Waals surface area contributed by atoms with Crippen molar-refractivity contribution in [3.63, 3.8) is 0 Å². The van der Waals surface area contributed by atoms with E-state index in [9.17, 15) is 4.79 Å². The number of ether oxygens (including phenoxy) is 2. The van der Waals surface area contributed by atoms with Gasteiger partial charge in [-0.1, -0.05) is 36.4 Å². The molecule has 2 aromatic carbocycles. The highest BCUT2D eigenvalue weighted by Crippen LogP contribution is 2.35. The van der Waals surface area contributed by atoms with Crippen LogP contribution in [-0.4, -0.2) is 12.4 Å². The van der Waals surface area contributed by atoms with Crippen molar-refractivity contribution in [2.45, 2.75) is 6.92 Å². The molecule has 0 N–H and O–H groups in total. The van der Waals surface area contributed by atoms with Crippen molar-refractivity contribution in [2.24, 2.45) is 0 Å². The van der Waals surface area contributed by atoms with E-state index in [2.05, 4.69) is 0 Å². The number of hydrogen-bond acceptors (Lipinski definition) is 4. The van der Waals surface area contributed by atoms with Gasteiger partial charge in [0.05, 0.1) is 5.56 Å². The van der Waals surface area contributed by atoms with Crippen LogP contribution in [0.4, 0.5) is 0 Å². The summed E-state index contributed by atoms with van der Waals surface area (Å²) >= 11 is 0. The lowest BCUT2D eigenvalue weighted by molar-refractivity contribution is 0.101. The lowest BCUT2D eigenvalue weighted by atomic mass is 10.1. The van der Waals surface area contributed by atoms with Crippen molar-refractivity contribution in [1.82, 2.24) is 0 Å². The average Bonchev–Trinajstić information content (AvgIpc) is 3.23. The Bertz CT molecular complexity index is 1030. The van der Waals surface area contributed by atoms with Gasteiger partial charge in [0.15, 0.2) is 5.76 Å². The monoisotopic (exact) mass is 358 g/mol. The van der Waals surface area contributed by atoms with Crippen LogP contribution >= 0.6 is 0 Å². The van der Waals surface area contributed by atoms with Crippen LogP contribution in [0.3, 0.4) is 0 Å². The van der Waals surface area contributed by atoms with E-state index in [1.807, 2.05) is 55.5 Å². The maximum Gasteiger partial charge on any atom is 0.232 e. The second-order valence-electron chi connectivity index (χ2n) is 6.17. The summed E-state index contributed by atoms with van der Waals surface area (Å²) in [5.74, 6) is 2.61. The summed E-state index contributed by atoms with van der Waals surface area (Å²) in [6.45, 7) is 2.28. The average molecular weight is 358 g/mol. The van der Waals surface area contributed by atoms with Gasteiger partial charge in [-0.25, -0.2) is 0 Å². The molecule has 0 saturated carbocycles. The first-order valence-corrected chi connectivity index (χ1v) is 8.68. The Morgan fingerprint density at radius 3 is 2.67 bits per heavy atom. The molecule has 0 fully saturated rings. The zero-order chi connectivity index (χ0) is 18.6. The number of hydrogen-bond donors (Lipinski definition) is 0. The first-order valence-electron chi connectivity index (χ1n) is 8.68. The predicted octanol–water partition coefficient (Wildman–Crippen LogP) is 5.30. The van der Waals surface area contributed by atoms with E-state index in [0.717, 1.165) is 11.3 Å². The molecule has 0 atom stereocenters. The number of aryl methyl sites for hydroxylation is 1. The minimum atomic E-state index is -0.158. The van der Waals surface area contributed by atoms with Gasteiger partial charge in [0, 0.05) is 12.1 Å². The summed E-state index contributed by atoms with van der Waals surface area (Å²) in [7, 11) is 0. The molecule has 4 nitrogen and oxygen atoms in total. The summed E-state index contributed by atoms with van der Waals surface area (Å²) in [5.41, 5.74) is 1.64. The molecule has 0 unspecified atom stereocenters. The molecular formula is C23H18O4. The number of rotatable bonds is 5. The van der Waals surface area contributed by atoms with E-state index in [-0.39, 0.29) is 11.5 Å². The summed E-state index contributed by atoms with van der Waals surface area (Å²) in [6.07, 6.45) is 5.55. The Balaban J connectivity index is 1.43. The molecule has 0 radical (unpaired) electrons. The quantitative estimate of drug-likeness (QED) is 0.581. The smallest absolute Gasteiger partial charge is 0.232 e. The van der Waals surface area contributed by atoms with Gasteiger partial charge in [0.1, 0.15) is 29.6 Å². The van der Waals surface area contributed by atoms with Crippen LogP contribution in [0.25, 0.3) is 12.2 Å². The third-order valence-electron chi connectivity index (χ3n) is 4.13. The molecule has 1 aliphatic rings. The van der Waals surface area contributed by atoms with Crippen molar-refractivity contribution in [3.8, 4) is 11.5 Å². The van der Waals surface area contributed by atoms with Gasteiger partial charge in [-0.3, -0.25) is 4.79 Å². The third-order valence-corrected chi connectivity index (χ3v) is 4.13. The van der Waals surface area contributed by atoms with Crippen molar-refractivity contribution in [1.29, 1.82) is 0 Å². The molecule has 0 aliphatic carbocycles. The number of Topliss-reactive ketones (excluding diaryl/α,β-unsaturated/α-hetero) is 1. The second kappa shape index (κ2) is 7.38. The lowest BCUT2D eigenvalue weighted by Crippen LogP contribution is -1.97. The Kier molecular flexibility index (Phi) is 4.62. The number of fused-ring (bicyclic) bond motifs is 1. The van der Waals surface area contributed by atoms with E-state index in [1.54, 1.807) is 30.3 Å². The van der Waals surface area contributed by atoms with Crippen LogP contribution in [0.15, 0.2) is 76.9 Å². The lowest BCUT2D eigenvalue weighted by Gasteiger charge is -2.04. The fourth-order valence-corrected chi connectivity index (χ4v) is 2.81. The number of ketones is 1. The first-order chi connectivity index (χ1) is 13.2. The Morgan fingerprint density at radius 1 is 1.04 bits per heavy atom. The van der Waals surface area contributed by atoms with Crippen molar-refractivity contribution in [3.05, 3.63) is 95.1 Å². The van der Waals surface area contributed by atoms with Gasteiger partial charge in [-0.15, -0.1) is 0 Å². The zero-order valence-corrected chi connectivity index (χ0v) is 14.8. The number of carbonyl (C=O) groups excluding carboxylic acids is 1.